The highest BCUT2D eigenvalue weighted by Crippen LogP contribution is 2.23. The summed E-state index contributed by atoms with van der Waals surface area (Å²) < 4.78 is 1.61. The van der Waals surface area contributed by atoms with Crippen molar-refractivity contribution in [2.24, 2.45) is 7.05 Å². The number of aromatic carboxylic acids is 1. The van der Waals surface area contributed by atoms with Gasteiger partial charge in [-0.1, -0.05) is 58.3 Å². The first-order chi connectivity index (χ1) is 11.4. The summed E-state index contributed by atoms with van der Waals surface area (Å²) in [6, 6.07) is 0. The lowest BCUT2D eigenvalue weighted by molar-refractivity contribution is 0.0685. The van der Waals surface area contributed by atoms with Gasteiger partial charge in [-0.15, -0.1) is 0 Å². The molecule has 1 aromatic rings. The van der Waals surface area contributed by atoms with Crippen molar-refractivity contribution in [1.29, 1.82) is 0 Å². The summed E-state index contributed by atoms with van der Waals surface area (Å²) in [6.45, 7) is 5.79. The second-order valence-electron chi connectivity index (χ2n) is 6.80. The van der Waals surface area contributed by atoms with Gasteiger partial charge in [0.05, 0.1) is 0 Å². The smallest absolute Gasteiger partial charge is 0.352 e. The highest BCUT2D eigenvalue weighted by molar-refractivity contribution is 6.02. The number of carbonyl (C=O) groups is 2. The molecule has 0 aliphatic rings. The molecule has 0 spiro atoms. The lowest BCUT2D eigenvalue weighted by Gasteiger charge is -2.04. The molecule has 0 atom stereocenters. The van der Waals surface area contributed by atoms with Gasteiger partial charge in [-0.3, -0.25) is 4.79 Å². The van der Waals surface area contributed by atoms with Crippen molar-refractivity contribution in [2.75, 3.05) is 0 Å². The maximum atomic E-state index is 12.5. The Bertz CT molecular complexity index is 558. The molecule has 1 rings (SSSR count). The van der Waals surface area contributed by atoms with E-state index in [1.165, 1.54) is 44.9 Å². The summed E-state index contributed by atoms with van der Waals surface area (Å²) >= 11 is 0. The number of ketones is 1. The molecule has 0 amide bonds. The SMILES string of the molecule is CCCCCCCCCCCC(=O)c1c(C)c(C(=O)O)n(C)c1C. The van der Waals surface area contributed by atoms with Gasteiger partial charge in [0.1, 0.15) is 5.69 Å². The second-order valence-corrected chi connectivity index (χ2v) is 6.80. The first-order valence-electron chi connectivity index (χ1n) is 9.34. The van der Waals surface area contributed by atoms with Crippen LogP contribution in [0.15, 0.2) is 0 Å². The quantitative estimate of drug-likeness (QED) is 0.408. The number of aromatic nitrogens is 1. The second kappa shape index (κ2) is 10.3. The van der Waals surface area contributed by atoms with Crippen molar-refractivity contribution in [3.05, 3.63) is 22.5 Å². The number of hydrogen-bond donors (Lipinski definition) is 1. The molecule has 0 bridgehead atoms. The van der Waals surface area contributed by atoms with E-state index in [2.05, 4.69) is 6.92 Å². The summed E-state index contributed by atoms with van der Waals surface area (Å²) in [5.74, 6) is -0.892. The molecule has 1 heterocycles. The van der Waals surface area contributed by atoms with E-state index < -0.39 is 5.97 Å². The lowest BCUT2D eigenvalue weighted by atomic mass is 10.00. The fraction of sp³-hybridized carbons (Fsp3) is 0.700. The molecule has 4 heteroatoms. The minimum absolute atomic E-state index is 0.0797. The minimum atomic E-state index is -0.972. The number of carbonyl (C=O) groups excluding carboxylic acids is 1. The van der Waals surface area contributed by atoms with Crippen molar-refractivity contribution in [2.45, 2.75) is 85.0 Å². The van der Waals surface area contributed by atoms with E-state index in [4.69, 9.17) is 0 Å². The molecule has 0 radical (unpaired) electrons. The lowest BCUT2D eigenvalue weighted by Crippen LogP contribution is -2.06. The fourth-order valence-corrected chi connectivity index (χ4v) is 3.41. The normalized spacial score (nSPS) is 11.0. The van der Waals surface area contributed by atoms with Crippen molar-refractivity contribution < 1.29 is 14.7 Å². The summed E-state index contributed by atoms with van der Waals surface area (Å²) in [7, 11) is 1.71. The van der Waals surface area contributed by atoms with Gasteiger partial charge in [0.15, 0.2) is 5.78 Å². The Hall–Kier alpha value is -1.58. The molecular formula is C20H33NO3. The molecule has 0 aromatic carbocycles. The maximum absolute atomic E-state index is 12.5. The minimum Gasteiger partial charge on any atom is -0.477 e. The third-order valence-electron chi connectivity index (χ3n) is 4.92. The van der Waals surface area contributed by atoms with Gasteiger partial charge in [-0.2, -0.15) is 0 Å². The zero-order valence-corrected chi connectivity index (χ0v) is 15.8. The Morgan fingerprint density at radius 2 is 1.42 bits per heavy atom. The molecule has 0 saturated heterocycles. The molecule has 0 aliphatic carbocycles. The number of unbranched alkanes of at least 4 members (excludes halogenated alkanes) is 8. The van der Waals surface area contributed by atoms with E-state index in [9.17, 15) is 14.7 Å². The van der Waals surface area contributed by atoms with Gasteiger partial charge in [0.25, 0.3) is 0 Å². The topological polar surface area (TPSA) is 59.3 Å². The van der Waals surface area contributed by atoms with Crippen LogP contribution in [0.25, 0.3) is 0 Å². The first-order valence-corrected chi connectivity index (χ1v) is 9.34. The molecule has 1 aromatic heterocycles. The van der Waals surface area contributed by atoms with E-state index in [0.29, 0.717) is 17.5 Å². The van der Waals surface area contributed by atoms with Gasteiger partial charge in [-0.25, -0.2) is 4.79 Å². The third-order valence-corrected chi connectivity index (χ3v) is 4.92. The molecule has 0 fully saturated rings. The highest BCUT2D eigenvalue weighted by atomic mass is 16.4. The molecule has 136 valence electrons. The standard InChI is InChI=1S/C20H33NO3/c1-5-6-7-8-9-10-11-12-13-14-17(22)18-15(2)19(20(23)24)21(4)16(18)3/h5-14H2,1-4H3,(H,23,24). The van der Waals surface area contributed by atoms with Gasteiger partial charge >= 0.3 is 5.97 Å². The van der Waals surface area contributed by atoms with Crippen LogP contribution >= 0.6 is 0 Å². The van der Waals surface area contributed by atoms with Crippen LogP contribution in [0, 0.1) is 13.8 Å². The molecule has 4 nitrogen and oxygen atoms in total. The molecule has 0 aliphatic heterocycles. The van der Waals surface area contributed by atoms with Crippen molar-refractivity contribution in [3.63, 3.8) is 0 Å². The van der Waals surface area contributed by atoms with E-state index in [1.807, 2.05) is 6.92 Å². The van der Waals surface area contributed by atoms with Crippen LogP contribution in [-0.2, 0) is 7.05 Å². The predicted octanol–water partition coefficient (Wildman–Crippen LogP) is 5.44. The van der Waals surface area contributed by atoms with Crippen LogP contribution in [0.5, 0.6) is 0 Å². The predicted molar refractivity (Wildman–Crippen MR) is 98.0 cm³/mol. The van der Waals surface area contributed by atoms with Crippen LogP contribution in [-0.4, -0.2) is 21.4 Å². The molecular weight excluding hydrogens is 302 g/mol. The van der Waals surface area contributed by atoms with E-state index in [0.717, 1.165) is 18.5 Å². The zero-order valence-electron chi connectivity index (χ0n) is 15.8. The average Bonchev–Trinajstić information content (AvgIpc) is 2.75. The largest absolute Gasteiger partial charge is 0.477 e. The number of rotatable bonds is 12. The summed E-state index contributed by atoms with van der Waals surface area (Å²) in [6.07, 6.45) is 11.5. The van der Waals surface area contributed by atoms with Crippen LogP contribution in [0.1, 0.15) is 103 Å². The van der Waals surface area contributed by atoms with Crippen LogP contribution < -0.4 is 0 Å². The fourth-order valence-electron chi connectivity index (χ4n) is 3.41. The van der Waals surface area contributed by atoms with Crippen LogP contribution in [0.3, 0.4) is 0 Å². The van der Waals surface area contributed by atoms with E-state index in [1.54, 1.807) is 18.5 Å². The Morgan fingerprint density at radius 1 is 0.917 bits per heavy atom. The number of carboxylic acid groups (broad SMARTS) is 1. The summed E-state index contributed by atoms with van der Waals surface area (Å²) in [5.41, 5.74) is 2.19. The number of carboxylic acids is 1. The number of hydrogen-bond acceptors (Lipinski definition) is 2. The van der Waals surface area contributed by atoms with Gasteiger partial charge in [0.2, 0.25) is 0 Å². The van der Waals surface area contributed by atoms with E-state index >= 15 is 0 Å². The van der Waals surface area contributed by atoms with Crippen molar-refractivity contribution in [3.8, 4) is 0 Å². The third kappa shape index (κ3) is 5.50. The van der Waals surface area contributed by atoms with Crippen LogP contribution in [0.2, 0.25) is 0 Å². The molecule has 0 saturated carbocycles. The maximum Gasteiger partial charge on any atom is 0.352 e. The Kier molecular flexibility index (Phi) is 8.80. The van der Waals surface area contributed by atoms with Gasteiger partial charge in [-0.05, 0) is 25.8 Å². The Balaban J connectivity index is 2.39. The molecule has 0 unspecified atom stereocenters. The van der Waals surface area contributed by atoms with Gasteiger partial charge < -0.3 is 9.67 Å². The van der Waals surface area contributed by atoms with E-state index in [-0.39, 0.29) is 11.5 Å². The highest BCUT2D eigenvalue weighted by Gasteiger charge is 2.23. The van der Waals surface area contributed by atoms with Crippen molar-refractivity contribution in [1.82, 2.24) is 4.57 Å². The molecule has 1 N–H and O–H groups in total. The number of nitrogens with zero attached hydrogens (tertiary/aromatic N) is 1. The summed E-state index contributed by atoms with van der Waals surface area (Å²) in [4.78, 5) is 23.8. The average molecular weight is 335 g/mol. The molecule has 24 heavy (non-hydrogen) atoms. The Morgan fingerprint density at radius 3 is 1.88 bits per heavy atom. The zero-order chi connectivity index (χ0) is 18.1. The van der Waals surface area contributed by atoms with Crippen LogP contribution in [0.4, 0.5) is 0 Å². The van der Waals surface area contributed by atoms with Crippen molar-refractivity contribution >= 4 is 11.8 Å². The summed E-state index contributed by atoms with van der Waals surface area (Å²) in [5, 5.41) is 9.28. The monoisotopic (exact) mass is 335 g/mol. The first kappa shape index (κ1) is 20.5. The Labute approximate surface area is 146 Å². The van der Waals surface area contributed by atoms with Gasteiger partial charge in [0, 0.05) is 24.7 Å². The number of Topliss-reactive ketones (excluding diaryl/α,β-unsaturated/α-hetero) is 1.